The van der Waals surface area contributed by atoms with Crippen LogP contribution in [0.1, 0.15) is 29.8 Å². The van der Waals surface area contributed by atoms with Gasteiger partial charge in [-0.1, -0.05) is 48.0 Å². The molecule has 2 aromatic carbocycles. The summed E-state index contributed by atoms with van der Waals surface area (Å²) in [5, 5.41) is 0.283. The van der Waals surface area contributed by atoms with Gasteiger partial charge in [-0.25, -0.2) is 14.2 Å². The molecule has 9 heteroatoms. The van der Waals surface area contributed by atoms with Gasteiger partial charge in [0.05, 0.1) is 13.1 Å². The van der Waals surface area contributed by atoms with E-state index >= 15 is 0 Å². The first-order chi connectivity index (χ1) is 17.3. The molecule has 0 N–H and O–H groups in total. The van der Waals surface area contributed by atoms with E-state index < -0.39 is 17.1 Å². The van der Waals surface area contributed by atoms with Gasteiger partial charge in [-0.15, -0.1) is 0 Å². The van der Waals surface area contributed by atoms with Crippen molar-refractivity contribution in [3.63, 3.8) is 0 Å². The number of fused-ring (bicyclic) bond motifs is 1. The molecule has 0 spiro atoms. The molecule has 5 rings (SSSR count). The molecule has 0 radical (unpaired) electrons. The summed E-state index contributed by atoms with van der Waals surface area (Å²) in [6.45, 7) is 2.35. The fourth-order valence-electron chi connectivity index (χ4n) is 5.12. The van der Waals surface area contributed by atoms with E-state index in [2.05, 4.69) is 29.2 Å². The Hall–Kier alpha value is -3.23. The zero-order valence-electron chi connectivity index (χ0n) is 20.5. The normalized spacial score (nSPS) is 15.1. The summed E-state index contributed by atoms with van der Waals surface area (Å²) in [7, 11) is 3.03. The fourth-order valence-corrected chi connectivity index (χ4v) is 5.34. The Bertz CT molecular complexity index is 1500. The van der Waals surface area contributed by atoms with Gasteiger partial charge in [-0.05, 0) is 56.0 Å². The van der Waals surface area contributed by atoms with E-state index in [4.69, 9.17) is 16.6 Å². The van der Waals surface area contributed by atoms with Gasteiger partial charge in [0.15, 0.2) is 11.2 Å². The number of rotatable bonds is 6. The van der Waals surface area contributed by atoms with Crippen LogP contribution in [0.2, 0.25) is 5.02 Å². The standard InChI is InChI=1S/C27H29ClFN5O2/c1-31-25-24(26(35)32(2)27(31)36)34(16-20-21(28)9-6-10-22(20)29)23(30-25)17-33-13-11-19(12-14-33)15-18-7-4-3-5-8-18/h3-10,19H,11-17H2,1-2H3. The first-order valence-electron chi connectivity index (χ1n) is 12.2. The minimum Gasteiger partial charge on any atom is -0.316 e. The Balaban J connectivity index is 1.46. The summed E-state index contributed by atoms with van der Waals surface area (Å²) in [6.07, 6.45) is 3.19. The van der Waals surface area contributed by atoms with E-state index in [-0.39, 0.29) is 22.6 Å². The largest absolute Gasteiger partial charge is 0.332 e. The molecule has 1 aliphatic rings. The third kappa shape index (κ3) is 4.63. The van der Waals surface area contributed by atoms with Crippen molar-refractivity contribution in [3.8, 4) is 0 Å². The maximum absolute atomic E-state index is 14.7. The van der Waals surface area contributed by atoms with Gasteiger partial charge in [0.25, 0.3) is 5.56 Å². The van der Waals surface area contributed by atoms with Crippen LogP contribution in [-0.2, 0) is 33.6 Å². The van der Waals surface area contributed by atoms with Crippen molar-refractivity contribution in [2.45, 2.75) is 32.4 Å². The number of benzene rings is 2. The minimum absolute atomic E-state index is 0.0508. The molecular formula is C27H29ClFN5O2. The van der Waals surface area contributed by atoms with Gasteiger partial charge in [0.2, 0.25) is 0 Å². The minimum atomic E-state index is -0.458. The summed E-state index contributed by atoms with van der Waals surface area (Å²) >= 11 is 6.33. The molecule has 188 valence electrons. The van der Waals surface area contributed by atoms with Crippen LogP contribution in [-0.4, -0.2) is 36.7 Å². The molecule has 1 aliphatic heterocycles. The van der Waals surface area contributed by atoms with Crippen molar-refractivity contribution in [2.24, 2.45) is 20.0 Å². The van der Waals surface area contributed by atoms with Crippen LogP contribution < -0.4 is 11.2 Å². The molecule has 36 heavy (non-hydrogen) atoms. The van der Waals surface area contributed by atoms with Gasteiger partial charge in [0, 0.05) is 24.7 Å². The highest BCUT2D eigenvalue weighted by Gasteiger charge is 2.25. The molecular weight excluding hydrogens is 481 g/mol. The van der Waals surface area contributed by atoms with E-state index in [0.29, 0.717) is 23.9 Å². The zero-order chi connectivity index (χ0) is 25.4. The molecule has 7 nitrogen and oxygen atoms in total. The molecule has 1 saturated heterocycles. The average Bonchev–Trinajstić information content (AvgIpc) is 3.23. The second-order valence-electron chi connectivity index (χ2n) is 9.60. The second-order valence-corrected chi connectivity index (χ2v) is 10.0. The summed E-state index contributed by atoms with van der Waals surface area (Å²) in [4.78, 5) is 32.7. The summed E-state index contributed by atoms with van der Waals surface area (Å²) in [5.41, 5.74) is 1.31. The molecule has 1 fully saturated rings. The van der Waals surface area contributed by atoms with E-state index in [1.54, 1.807) is 23.7 Å². The van der Waals surface area contributed by atoms with Crippen LogP contribution in [0.25, 0.3) is 11.2 Å². The number of piperidine rings is 1. The molecule has 2 aromatic heterocycles. The third-order valence-electron chi connectivity index (χ3n) is 7.24. The van der Waals surface area contributed by atoms with Gasteiger partial charge in [-0.2, -0.15) is 0 Å². The lowest BCUT2D eigenvalue weighted by atomic mass is 9.90. The summed E-state index contributed by atoms with van der Waals surface area (Å²) < 4.78 is 18.9. The van der Waals surface area contributed by atoms with Crippen molar-refractivity contribution < 1.29 is 4.39 Å². The first kappa shape index (κ1) is 24.5. The van der Waals surface area contributed by atoms with Crippen LogP contribution in [0.3, 0.4) is 0 Å². The van der Waals surface area contributed by atoms with Crippen molar-refractivity contribution in [2.75, 3.05) is 13.1 Å². The van der Waals surface area contributed by atoms with E-state index in [1.807, 2.05) is 6.07 Å². The maximum Gasteiger partial charge on any atom is 0.332 e. The van der Waals surface area contributed by atoms with Crippen LogP contribution in [0.15, 0.2) is 58.1 Å². The lowest BCUT2D eigenvalue weighted by Gasteiger charge is -2.31. The number of hydrogen-bond acceptors (Lipinski definition) is 4. The molecule has 3 heterocycles. The van der Waals surface area contributed by atoms with E-state index in [9.17, 15) is 14.0 Å². The summed E-state index contributed by atoms with van der Waals surface area (Å²) in [6, 6.07) is 15.1. The fraction of sp³-hybridized carbons (Fsp3) is 0.370. The van der Waals surface area contributed by atoms with Crippen LogP contribution in [0.5, 0.6) is 0 Å². The van der Waals surface area contributed by atoms with E-state index in [0.717, 1.165) is 36.9 Å². The number of hydrogen-bond donors (Lipinski definition) is 0. The van der Waals surface area contributed by atoms with Crippen molar-refractivity contribution in [1.29, 1.82) is 0 Å². The highest BCUT2D eigenvalue weighted by molar-refractivity contribution is 6.31. The molecule has 0 atom stereocenters. The molecule has 0 bridgehead atoms. The molecule has 0 saturated carbocycles. The van der Waals surface area contributed by atoms with Crippen LogP contribution in [0.4, 0.5) is 4.39 Å². The van der Waals surface area contributed by atoms with E-state index in [1.165, 1.54) is 23.2 Å². The Morgan fingerprint density at radius 1 is 0.972 bits per heavy atom. The Labute approximate surface area is 213 Å². The lowest BCUT2D eigenvalue weighted by Crippen LogP contribution is -2.37. The van der Waals surface area contributed by atoms with Gasteiger partial charge >= 0.3 is 5.69 Å². The number of aromatic nitrogens is 4. The Morgan fingerprint density at radius 2 is 1.69 bits per heavy atom. The van der Waals surface area contributed by atoms with Crippen molar-refractivity contribution in [1.82, 2.24) is 23.6 Å². The number of likely N-dealkylation sites (tertiary alicyclic amines) is 1. The highest BCUT2D eigenvalue weighted by atomic mass is 35.5. The summed E-state index contributed by atoms with van der Waals surface area (Å²) in [5.74, 6) is 0.788. The molecule has 0 aliphatic carbocycles. The van der Waals surface area contributed by atoms with Crippen LogP contribution >= 0.6 is 11.6 Å². The highest BCUT2D eigenvalue weighted by Crippen LogP contribution is 2.26. The zero-order valence-corrected chi connectivity index (χ0v) is 21.2. The molecule has 0 unspecified atom stereocenters. The number of imidazole rings is 1. The first-order valence-corrected chi connectivity index (χ1v) is 12.6. The average molecular weight is 510 g/mol. The monoisotopic (exact) mass is 509 g/mol. The SMILES string of the molecule is Cn1c(=O)c2c(nc(CN3CCC(Cc4ccccc4)CC3)n2Cc2c(F)cccc2Cl)n(C)c1=O. The van der Waals surface area contributed by atoms with Crippen molar-refractivity contribution in [3.05, 3.63) is 97.2 Å². The second kappa shape index (κ2) is 10.0. The van der Waals surface area contributed by atoms with Gasteiger partial charge in [-0.3, -0.25) is 18.8 Å². The van der Waals surface area contributed by atoms with Gasteiger partial charge < -0.3 is 4.57 Å². The lowest BCUT2D eigenvalue weighted by molar-refractivity contribution is 0.172. The third-order valence-corrected chi connectivity index (χ3v) is 7.60. The number of aryl methyl sites for hydroxylation is 1. The maximum atomic E-state index is 14.7. The predicted molar refractivity (Wildman–Crippen MR) is 139 cm³/mol. The van der Waals surface area contributed by atoms with Gasteiger partial charge in [0.1, 0.15) is 11.6 Å². The van der Waals surface area contributed by atoms with Crippen molar-refractivity contribution >= 4 is 22.8 Å². The molecule has 0 amide bonds. The number of halogens is 2. The predicted octanol–water partition coefficient (Wildman–Crippen LogP) is 3.73. The van der Waals surface area contributed by atoms with Crippen LogP contribution in [0, 0.1) is 11.7 Å². The quantitative estimate of drug-likeness (QED) is 0.397. The number of nitrogens with zero attached hydrogens (tertiary/aromatic N) is 5. The molecule has 4 aromatic rings. The Morgan fingerprint density at radius 3 is 2.39 bits per heavy atom. The smallest absolute Gasteiger partial charge is 0.316 e. The topological polar surface area (TPSA) is 65.1 Å². The Kier molecular flexibility index (Phi) is 6.81.